The highest BCUT2D eigenvalue weighted by Crippen LogP contribution is 2.00. The number of carbonyl (C=O) groups is 7. The minimum Gasteiger partial charge on any atom is -0.481 e. The Morgan fingerprint density at radius 1 is 0.800 bits per heavy atom. The van der Waals surface area contributed by atoms with E-state index in [-0.39, 0.29) is 31.1 Å². The van der Waals surface area contributed by atoms with Crippen molar-refractivity contribution in [1.82, 2.24) is 26.6 Å². The Kier molecular flexibility index (Phi) is 17.0. The van der Waals surface area contributed by atoms with Crippen molar-refractivity contribution in [1.29, 1.82) is 0 Å². The number of carboxylic acid groups (broad SMARTS) is 2. The summed E-state index contributed by atoms with van der Waals surface area (Å²) in [7, 11) is 0. The van der Waals surface area contributed by atoms with E-state index >= 15 is 0 Å². The van der Waals surface area contributed by atoms with Crippen LogP contribution in [0.2, 0.25) is 0 Å². The highest BCUT2D eigenvalue weighted by atomic mass is 32.1. The molecule has 40 heavy (non-hydrogen) atoms. The van der Waals surface area contributed by atoms with E-state index in [9.17, 15) is 38.7 Å². The molecular formula is C20H35N9O10S. The molecule has 0 aromatic rings. The lowest BCUT2D eigenvalue weighted by atomic mass is 10.1. The lowest BCUT2D eigenvalue weighted by Gasteiger charge is -2.22. The number of thiol groups is 1. The molecule has 4 atom stereocenters. The first-order chi connectivity index (χ1) is 18.7. The van der Waals surface area contributed by atoms with Crippen molar-refractivity contribution in [3.8, 4) is 0 Å². The molecule has 20 heteroatoms. The van der Waals surface area contributed by atoms with Crippen molar-refractivity contribution in [3.05, 3.63) is 0 Å². The van der Waals surface area contributed by atoms with Crippen LogP contribution in [0.4, 0.5) is 0 Å². The maximum Gasteiger partial charge on any atom is 0.327 e. The molecule has 0 aliphatic rings. The second kappa shape index (κ2) is 19.0. The molecule has 19 nitrogen and oxygen atoms in total. The van der Waals surface area contributed by atoms with Crippen LogP contribution in [-0.4, -0.2) is 119 Å². The summed E-state index contributed by atoms with van der Waals surface area (Å²) in [6.07, 6.45) is -0.602. The molecular weight excluding hydrogens is 558 g/mol. The molecule has 0 spiro atoms. The summed E-state index contributed by atoms with van der Waals surface area (Å²) in [5, 5.41) is 38.3. The zero-order valence-electron chi connectivity index (χ0n) is 21.3. The molecule has 0 fully saturated rings. The Bertz CT molecular complexity index is 961. The molecule has 0 aliphatic heterocycles. The maximum absolute atomic E-state index is 12.6. The molecule has 0 rings (SSSR count). The highest BCUT2D eigenvalue weighted by molar-refractivity contribution is 7.80. The molecule has 0 saturated carbocycles. The van der Waals surface area contributed by atoms with E-state index in [1.54, 1.807) is 0 Å². The SMILES string of the molecule is NCC(=O)N[C@@H](CCCN=C(N)N)C(=O)NCC(=O)N[C@@H](CC(=O)O)C(=O)N[C@@H](CO)C(=O)N[C@@H](CS)C(=O)O. The molecule has 0 saturated heterocycles. The predicted octanol–water partition coefficient (Wildman–Crippen LogP) is -6.46. The molecule has 0 aromatic carbocycles. The normalized spacial score (nSPS) is 13.4. The molecule has 0 aliphatic carbocycles. The maximum atomic E-state index is 12.6. The first kappa shape index (κ1) is 35.8. The molecule has 14 N–H and O–H groups in total. The van der Waals surface area contributed by atoms with Crippen molar-refractivity contribution in [2.45, 2.75) is 43.4 Å². The Morgan fingerprint density at radius 2 is 1.38 bits per heavy atom. The molecule has 0 unspecified atom stereocenters. The summed E-state index contributed by atoms with van der Waals surface area (Å²) in [6, 6.07) is -6.00. The molecule has 0 heterocycles. The smallest absolute Gasteiger partial charge is 0.327 e. The van der Waals surface area contributed by atoms with Gasteiger partial charge in [-0.05, 0) is 12.8 Å². The van der Waals surface area contributed by atoms with Gasteiger partial charge in [-0.15, -0.1) is 0 Å². The number of carbonyl (C=O) groups excluding carboxylic acids is 5. The van der Waals surface area contributed by atoms with Crippen molar-refractivity contribution < 1.29 is 48.9 Å². The Hall–Kier alpha value is -4.17. The van der Waals surface area contributed by atoms with Gasteiger partial charge in [0.25, 0.3) is 0 Å². The van der Waals surface area contributed by atoms with Crippen molar-refractivity contribution in [2.75, 3.05) is 32.0 Å². The highest BCUT2D eigenvalue weighted by Gasteiger charge is 2.30. The van der Waals surface area contributed by atoms with Crippen LogP contribution in [-0.2, 0) is 33.6 Å². The summed E-state index contributed by atoms with van der Waals surface area (Å²) >= 11 is 3.77. The molecule has 0 radical (unpaired) electrons. The van der Waals surface area contributed by atoms with Gasteiger partial charge in [-0.25, -0.2) is 4.79 Å². The van der Waals surface area contributed by atoms with Crippen LogP contribution >= 0.6 is 12.6 Å². The van der Waals surface area contributed by atoms with Gasteiger partial charge in [-0.3, -0.25) is 33.8 Å². The van der Waals surface area contributed by atoms with Crippen LogP contribution in [0, 0.1) is 0 Å². The zero-order valence-corrected chi connectivity index (χ0v) is 22.2. The van der Waals surface area contributed by atoms with Crippen molar-refractivity contribution in [3.63, 3.8) is 0 Å². The summed E-state index contributed by atoms with van der Waals surface area (Å²) in [6.45, 7) is -1.99. The van der Waals surface area contributed by atoms with Crippen LogP contribution in [0.5, 0.6) is 0 Å². The third-order valence-corrected chi connectivity index (χ3v) is 5.21. The Morgan fingerprint density at radius 3 is 1.88 bits per heavy atom. The minimum absolute atomic E-state index is 0.0700. The number of aliphatic imine (C=N–C) groups is 1. The van der Waals surface area contributed by atoms with Gasteiger partial charge in [-0.2, -0.15) is 12.6 Å². The Labute approximate surface area is 233 Å². The number of aliphatic hydroxyl groups excluding tert-OH is 1. The van der Waals surface area contributed by atoms with Crippen LogP contribution in [0.25, 0.3) is 0 Å². The fraction of sp³-hybridized carbons (Fsp3) is 0.600. The van der Waals surface area contributed by atoms with E-state index in [1.165, 1.54) is 0 Å². The summed E-state index contributed by atoms with van der Waals surface area (Å²) in [4.78, 5) is 87.4. The van der Waals surface area contributed by atoms with E-state index in [1.807, 2.05) is 10.6 Å². The molecule has 5 amide bonds. The standard InChI is InChI=1S/C20H35N9O10S/c21-5-13(31)26-9(2-1-3-24-20(22)23)16(35)25-6-14(32)27-10(4-15(33)34)17(36)28-11(7-30)18(37)29-12(8-40)19(38)39/h9-12,30,40H,1-8,21H2,(H,25,35)(H,26,31)(H,27,32)(H,28,36)(H,29,37)(H,33,34)(H,38,39)(H4,22,23,24)/t9-,10-,11-,12-/m0/s1. The van der Waals surface area contributed by atoms with Gasteiger partial charge in [-0.1, -0.05) is 0 Å². The van der Waals surface area contributed by atoms with Gasteiger partial charge in [0.05, 0.1) is 26.1 Å². The van der Waals surface area contributed by atoms with Gasteiger partial charge in [0.15, 0.2) is 5.96 Å². The average molecular weight is 594 g/mol. The number of hydrogen-bond acceptors (Lipinski definition) is 11. The number of nitrogens with zero attached hydrogens (tertiary/aromatic N) is 1. The van der Waals surface area contributed by atoms with Crippen molar-refractivity contribution in [2.24, 2.45) is 22.2 Å². The van der Waals surface area contributed by atoms with Gasteiger partial charge >= 0.3 is 11.9 Å². The topological polar surface area (TPSA) is 331 Å². The quantitative estimate of drug-likeness (QED) is 0.0287. The third kappa shape index (κ3) is 14.7. The zero-order chi connectivity index (χ0) is 30.8. The van der Waals surface area contributed by atoms with Crippen LogP contribution < -0.4 is 43.8 Å². The number of rotatable bonds is 19. The fourth-order valence-electron chi connectivity index (χ4n) is 2.87. The number of aliphatic hydroxyl groups is 1. The van der Waals surface area contributed by atoms with Crippen LogP contribution in [0.1, 0.15) is 19.3 Å². The number of aliphatic carboxylic acids is 2. The second-order valence-corrected chi connectivity index (χ2v) is 8.40. The van der Waals surface area contributed by atoms with Gasteiger partial charge in [0.2, 0.25) is 29.5 Å². The van der Waals surface area contributed by atoms with E-state index in [0.29, 0.717) is 0 Å². The van der Waals surface area contributed by atoms with Gasteiger partial charge in [0.1, 0.15) is 24.2 Å². The van der Waals surface area contributed by atoms with E-state index in [2.05, 4.69) is 33.6 Å². The number of carboxylic acids is 2. The first-order valence-electron chi connectivity index (χ1n) is 11.6. The van der Waals surface area contributed by atoms with Crippen LogP contribution in [0.3, 0.4) is 0 Å². The second-order valence-electron chi connectivity index (χ2n) is 8.03. The third-order valence-electron chi connectivity index (χ3n) is 4.85. The van der Waals surface area contributed by atoms with Gasteiger partial charge < -0.3 is 59.1 Å². The number of nitrogens with one attached hydrogen (secondary N) is 5. The summed E-state index contributed by atoms with van der Waals surface area (Å²) < 4.78 is 0. The lowest BCUT2D eigenvalue weighted by Crippen LogP contribution is -2.58. The molecule has 226 valence electrons. The van der Waals surface area contributed by atoms with E-state index in [4.69, 9.17) is 27.4 Å². The number of nitrogens with two attached hydrogens (primary N) is 3. The summed E-state index contributed by atoms with van der Waals surface area (Å²) in [5.41, 5.74) is 15.7. The lowest BCUT2D eigenvalue weighted by molar-refractivity contribution is -0.143. The van der Waals surface area contributed by atoms with E-state index in [0.717, 1.165) is 0 Å². The number of hydrogen-bond donors (Lipinski definition) is 12. The number of guanidine groups is 1. The molecule has 0 bridgehead atoms. The molecule has 0 aromatic heterocycles. The monoisotopic (exact) mass is 593 g/mol. The van der Waals surface area contributed by atoms with Crippen molar-refractivity contribution >= 4 is 60.1 Å². The first-order valence-corrected chi connectivity index (χ1v) is 12.3. The average Bonchev–Trinajstić information content (AvgIpc) is 2.88. The Balaban J connectivity index is 5.26. The van der Waals surface area contributed by atoms with Crippen LogP contribution in [0.15, 0.2) is 4.99 Å². The van der Waals surface area contributed by atoms with Gasteiger partial charge in [0, 0.05) is 12.3 Å². The minimum atomic E-state index is -1.75. The number of amides is 5. The predicted molar refractivity (Wildman–Crippen MR) is 141 cm³/mol. The summed E-state index contributed by atoms with van der Waals surface area (Å²) in [5.74, 6) is -8.17. The van der Waals surface area contributed by atoms with E-state index < -0.39 is 91.8 Å². The fourth-order valence-corrected chi connectivity index (χ4v) is 3.12. The largest absolute Gasteiger partial charge is 0.481 e.